The van der Waals surface area contributed by atoms with E-state index in [1.807, 2.05) is 69.3 Å². The van der Waals surface area contributed by atoms with E-state index in [0.717, 1.165) is 16.5 Å². The highest BCUT2D eigenvalue weighted by molar-refractivity contribution is 6.17. The molecule has 2 aromatic carbocycles. The van der Waals surface area contributed by atoms with Gasteiger partial charge in [0.15, 0.2) is 0 Å². The number of halogens is 1. The minimum absolute atomic E-state index is 0.199. The number of fused-ring (bicyclic) bond motifs is 1. The summed E-state index contributed by atoms with van der Waals surface area (Å²) < 4.78 is 16.7. The Labute approximate surface area is 176 Å². The van der Waals surface area contributed by atoms with Gasteiger partial charge in [-0.05, 0) is 50.1 Å². The molecule has 0 unspecified atom stereocenters. The number of carbonyl (C=O) groups is 1. The summed E-state index contributed by atoms with van der Waals surface area (Å²) in [7, 11) is 1.61. The number of methoxy groups -OCH3 is 1. The molecule has 0 spiro atoms. The number of rotatable bonds is 6. The molecule has 0 saturated carbocycles. The van der Waals surface area contributed by atoms with Gasteiger partial charge < -0.3 is 13.9 Å². The van der Waals surface area contributed by atoms with E-state index in [0.29, 0.717) is 29.5 Å². The SMILES string of the molecule is COCc1cc2c(N(C(=O)OCc3ccccc3)C(C)(C)C)cc(CCl)cc2o1. The van der Waals surface area contributed by atoms with Gasteiger partial charge in [-0.15, -0.1) is 11.6 Å². The number of ether oxygens (including phenoxy) is 2. The van der Waals surface area contributed by atoms with Crippen LogP contribution in [0.4, 0.5) is 10.5 Å². The van der Waals surface area contributed by atoms with Gasteiger partial charge in [-0.3, -0.25) is 4.90 Å². The van der Waals surface area contributed by atoms with Crippen LogP contribution in [0, 0.1) is 0 Å². The van der Waals surface area contributed by atoms with Crippen LogP contribution in [0.25, 0.3) is 11.0 Å². The fraction of sp³-hybridized carbons (Fsp3) is 0.348. The first-order valence-corrected chi connectivity index (χ1v) is 9.98. The van der Waals surface area contributed by atoms with Crippen molar-refractivity contribution < 1.29 is 18.7 Å². The van der Waals surface area contributed by atoms with Crippen LogP contribution in [0.5, 0.6) is 0 Å². The van der Waals surface area contributed by atoms with Gasteiger partial charge in [0, 0.05) is 23.9 Å². The maximum absolute atomic E-state index is 13.2. The molecule has 5 nitrogen and oxygen atoms in total. The van der Waals surface area contributed by atoms with Crippen LogP contribution in [-0.4, -0.2) is 18.7 Å². The van der Waals surface area contributed by atoms with E-state index in [4.69, 9.17) is 25.5 Å². The van der Waals surface area contributed by atoms with E-state index in [-0.39, 0.29) is 6.61 Å². The van der Waals surface area contributed by atoms with Gasteiger partial charge in [-0.2, -0.15) is 0 Å². The predicted octanol–water partition coefficient (Wildman–Crippen LogP) is 6.26. The van der Waals surface area contributed by atoms with Crippen molar-refractivity contribution in [3.05, 3.63) is 65.4 Å². The molecule has 1 amide bonds. The average molecular weight is 416 g/mol. The first-order valence-electron chi connectivity index (χ1n) is 9.44. The standard InChI is InChI=1S/C23H26ClNO4/c1-23(2,3)25(22(26)28-14-16-8-6-5-7-9-16)20-10-17(13-24)11-21-19(20)12-18(29-21)15-27-4/h5-12H,13-15H2,1-4H3. The average Bonchev–Trinajstić information content (AvgIpc) is 3.09. The number of hydrogen-bond acceptors (Lipinski definition) is 4. The number of benzene rings is 2. The van der Waals surface area contributed by atoms with Gasteiger partial charge in [0.2, 0.25) is 0 Å². The smallest absolute Gasteiger partial charge is 0.415 e. The van der Waals surface area contributed by atoms with Gasteiger partial charge in [0.05, 0.1) is 5.69 Å². The van der Waals surface area contributed by atoms with Crippen molar-refractivity contribution in [1.82, 2.24) is 0 Å². The third-order valence-corrected chi connectivity index (χ3v) is 4.78. The molecule has 1 heterocycles. The molecular weight excluding hydrogens is 390 g/mol. The number of hydrogen-bond donors (Lipinski definition) is 0. The minimum Gasteiger partial charge on any atom is -0.459 e. The zero-order chi connectivity index (χ0) is 21.0. The Bertz CT molecular complexity index is 976. The number of nitrogens with zero attached hydrogens (tertiary/aromatic N) is 1. The zero-order valence-electron chi connectivity index (χ0n) is 17.2. The summed E-state index contributed by atoms with van der Waals surface area (Å²) in [5.74, 6) is 0.988. The zero-order valence-corrected chi connectivity index (χ0v) is 18.0. The molecule has 29 heavy (non-hydrogen) atoms. The Hall–Kier alpha value is -2.50. The molecule has 0 atom stereocenters. The molecule has 0 aliphatic heterocycles. The van der Waals surface area contributed by atoms with Gasteiger partial charge in [0.1, 0.15) is 24.6 Å². The second kappa shape index (κ2) is 8.89. The highest BCUT2D eigenvalue weighted by atomic mass is 35.5. The van der Waals surface area contributed by atoms with Crippen LogP contribution in [-0.2, 0) is 28.6 Å². The highest BCUT2D eigenvalue weighted by Crippen LogP contribution is 2.36. The lowest BCUT2D eigenvalue weighted by Gasteiger charge is -2.35. The summed E-state index contributed by atoms with van der Waals surface area (Å²) in [5.41, 5.74) is 2.63. The summed E-state index contributed by atoms with van der Waals surface area (Å²) in [6.07, 6.45) is -0.427. The van der Waals surface area contributed by atoms with Crippen LogP contribution in [0.2, 0.25) is 0 Å². The molecule has 0 fully saturated rings. The van der Waals surface area contributed by atoms with E-state index >= 15 is 0 Å². The number of carbonyl (C=O) groups excluding carboxylic acids is 1. The Morgan fingerprint density at radius 3 is 2.41 bits per heavy atom. The lowest BCUT2D eigenvalue weighted by atomic mass is 10.0. The molecule has 1 aromatic heterocycles. The van der Waals surface area contributed by atoms with E-state index in [1.165, 1.54) is 0 Å². The molecule has 0 aliphatic carbocycles. The van der Waals surface area contributed by atoms with Crippen molar-refractivity contribution in [2.45, 2.75) is 45.4 Å². The van der Waals surface area contributed by atoms with Crippen molar-refractivity contribution in [1.29, 1.82) is 0 Å². The van der Waals surface area contributed by atoms with Gasteiger partial charge in [0.25, 0.3) is 0 Å². The van der Waals surface area contributed by atoms with Crippen molar-refractivity contribution in [3.63, 3.8) is 0 Å². The number of amides is 1. The van der Waals surface area contributed by atoms with Crippen molar-refractivity contribution >= 4 is 34.4 Å². The third kappa shape index (κ3) is 4.92. The molecule has 3 rings (SSSR count). The van der Waals surface area contributed by atoms with Gasteiger partial charge in [-0.1, -0.05) is 30.3 Å². The number of furan rings is 1. The quantitative estimate of drug-likeness (QED) is 0.446. The lowest BCUT2D eigenvalue weighted by molar-refractivity contribution is 0.142. The number of anilines is 1. The first kappa shape index (κ1) is 21.2. The van der Waals surface area contributed by atoms with E-state index in [9.17, 15) is 4.79 Å². The molecule has 0 aliphatic rings. The van der Waals surface area contributed by atoms with Crippen LogP contribution in [0.15, 0.2) is 52.9 Å². The van der Waals surface area contributed by atoms with E-state index < -0.39 is 11.6 Å². The van der Waals surface area contributed by atoms with Gasteiger partial charge in [-0.25, -0.2) is 4.79 Å². The molecule has 0 N–H and O–H groups in total. The van der Waals surface area contributed by atoms with Gasteiger partial charge >= 0.3 is 6.09 Å². The van der Waals surface area contributed by atoms with E-state index in [1.54, 1.807) is 12.0 Å². The molecule has 154 valence electrons. The van der Waals surface area contributed by atoms with Crippen molar-refractivity contribution in [2.75, 3.05) is 12.0 Å². The van der Waals surface area contributed by atoms with Crippen molar-refractivity contribution in [2.24, 2.45) is 0 Å². The molecule has 3 aromatic rings. The Morgan fingerprint density at radius 1 is 1.07 bits per heavy atom. The summed E-state index contributed by atoms with van der Waals surface area (Å²) in [6, 6.07) is 15.3. The van der Waals surface area contributed by atoms with Crippen LogP contribution < -0.4 is 4.90 Å². The molecular formula is C23H26ClNO4. The molecule has 0 saturated heterocycles. The predicted molar refractivity (Wildman–Crippen MR) is 115 cm³/mol. The third-order valence-electron chi connectivity index (χ3n) is 4.47. The van der Waals surface area contributed by atoms with Crippen LogP contribution in [0.3, 0.4) is 0 Å². The fourth-order valence-electron chi connectivity index (χ4n) is 3.22. The topological polar surface area (TPSA) is 51.9 Å². The van der Waals surface area contributed by atoms with Crippen LogP contribution >= 0.6 is 11.6 Å². The Balaban J connectivity index is 2.01. The summed E-state index contributed by atoms with van der Waals surface area (Å²) in [5, 5.41) is 0.817. The molecule has 0 radical (unpaired) electrons. The Morgan fingerprint density at radius 2 is 1.79 bits per heavy atom. The fourth-order valence-corrected chi connectivity index (χ4v) is 3.38. The van der Waals surface area contributed by atoms with Crippen molar-refractivity contribution in [3.8, 4) is 0 Å². The maximum Gasteiger partial charge on any atom is 0.415 e. The Kier molecular flexibility index (Phi) is 6.50. The second-order valence-corrected chi connectivity index (χ2v) is 8.12. The first-order chi connectivity index (χ1) is 13.8. The summed E-state index contributed by atoms with van der Waals surface area (Å²) in [4.78, 5) is 14.8. The highest BCUT2D eigenvalue weighted by Gasteiger charge is 2.32. The van der Waals surface area contributed by atoms with E-state index in [2.05, 4.69) is 0 Å². The monoisotopic (exact) mass is 415 g/mol. The molecule has 6 heteroatoms. The maximum atomic E-state index is 13.2. The van der Waals surface area contributed by atoms with Crippen LogP contribution in [0.1, 0.15) is 37.7 Å². The largest absolute Gasteiger partial charge is 0.459 e. The summed E-state index contributed by atoms with van der Waals surface area (Å²) in [6.45, 7) is 6.44. The second-order valence-electron chi connectivity index (χ2n) is 7.85. The molecule has 0 bridgehead atoms. The number of alkyl halides is 1. The minimum atomic E-state index is -0.523. The summed E-state index contributed by atoms with van der Waals surface area (Å²) >= 11 is 6.11. The normalized spacial score (nSPS) is 11.6. The lowest BCUT2D eigenvalue weighted by Crippen LogP contribution is -2.46.